The maximum absolute atomic E-state index is 12.3. The molecule has 1 N–H and O–H groups in total. The number of carbonyl (C=O) groups excluding carboxylic acids is 1. The maximum Gasteiger partial charge on any atom is 0.334 e. The summed E-state index contributed by atoms with van der Waals surface area (Å²) < 4.78 is 5.14. The first kappa shape index (κ1) is 14.1. The van der Waals surface area contributed by atoms with Crippen LogP contribution in [0.1, 0.15) is 24.3 Å². The van der Waals surface area contributed by atoms with Crippen LogP contribution in [0, 0.1) is 5.92 Å². The van der Waals surface area contributed by atoms with Crippen LogP contribution < -0.4 is 0 Å². The van der Waals surface area contributed by atoms with Crippen molar-refractivity contribution in [3.8, 4) is 0 Å². The number of carbonyl (C=O) groups is 2. The zero-order valence-electron chi connectivity index (χ0n) is 11.8. The highest BCUT2D eigenvalue weighted by Crippen LogP contribution is 2.49. The standard InChI is InChI=1S/C16H19NO4/c18-15(17-6-7-21-14(10-17)16(19)20)9-12-8-13(12)11-4-2-1-3-5-11/h1-5,12-14H,6-10H2,(H,19,20)/t12-,13-,14?/m0/s1. The van der Waals surface area contributed by atoms with E-state index in [2.05, 4.69) is 12.1 Å². The molecular weight excluding hydrogens is 270 g/mol. The molecule has 3 rings (SSSR count). The van der Waals surface area contributed by atoms with Crippen LogP contribution in [0.15, 0.2) is 30.3 Å². The lowest BCUT2D eigenvalue weighted by molar-refractivity contribution is -0.159. The average molecular weight is 289 g/mol. The van der Waals surface area contributed by atoms with E-state index in [4.69, 9.17) is 9.84 Å². The molecule has 2 fully saturated rings. The number of carboxylic acid groups (broad SMARTS) is 1. The fraction of sp³-hybridized carbons (Fsp3) is 0.500. The zero-order chi connectivity index (χ0) is 14.8. The largest absolute Gasteiger partial charge is 0.479 e. The second-order valence-electron chi connectivity index (χ2n) is 5.75. The molecule has 5 heteroatoms. The number of hydrogen-bond donors (Lipinski definition) is 1. The van der Waals surface area contributed by atoms with Gasteiger partial charge in [-0.1, -0.05) is 30.3 Å². The second-order valence-corrected chi connectivity index (χ2v) is 5.75. The minimum absolute atomic E-state index is 0.0491. The van der Waals surface area contributed by atoms with Crippen LogP contribution in [-0.4, -0.2) is 47.7 Å². The Morgan fingerprint density at radius 1 is 1.29 bits per heavy atom. The predicted octanol–water partition coefficient (Wildman–Crippen LogP) is 1.49. The van der Waals surface area contributed by atoms with Crippen LogP contribution >= 0.6 is 0 Å². The number of aliphatic carboxylic acids is 1. The van der Waals surface area contributed by atoms with Crippen molar-refractivity contribution in [3.05, 3.63) is 35.9 Å². The molecule has 1 aliphatic heterocycles. The minimum Gasteiger partial charge on any atom is -0.479 e. The molecule has 1 unspecified atom stereocenters. The van der Waals surface area contributed by atoms with Gasteiger partial charge in [0.1, 0.15) is 0 Å². The summed E-state index contributed by atoms with van der Waals surface area (Å²) in [5.74, 6) is -0.0773. The number of carboxylic acids is 1. The summed E-state index contributed by atoms with van der Waals surface area (Å²) in [5, 5.41) is 8.96. The van der Waals surface area contributed by atoms with E-state index in [1.807, 2.05) is 18.2 Å². The Bertz CT molecular complexity index is 530. The molecule has 0 aromatic heterocycles. The van der Waals surface area contributed by atoms with E-state index < -0.39 is 12.1 Å². The van der Waals surface area contributed by atoms with Gasteiger partial charge in [0.05, 0.1) is 13.2 Å². The normalized spacial score (nSPS) is 28.2. The smallest absolute Gasteiger partial charge is 0.334 e. The van der Waals surface area contributed by atoms with Crippen LogP contribution in [0.25, 0.3) is 0 Å². The molecule has 0 bridgehead atoms. The Balaban J connectivity index is 1.52. The fourth-order valence-electron chi connectivity index (χ4n) is 2.96. The van der Waals surface area contributed by atoms with Gasteiger partial charge < -0.3 is 14.7 Å². The molecule has 21 heavy (non-hydrogen) atoms. The third-order valence-corrected chi connectivity index (χ3v) is 4.28. The van der Waals surface area contributed by atoms with Gasteiger partial charge in [0, 0.05) is 13.0 Å². The Kier molecular flexibility index (Phi) is 3.92. The molecule has 1 aromatic carbocycles. The summed E-state index contributed by atoms with van der Waals surface area (Å²) in [7, 11) is 0. The highest BCUT2D eigenvalue weighted by atomic mass is 16.5. The van der Waals surface area contributed by atoms with E-state index in [1.165, 1.54) is 5.56 Å². The van der Waals surface area contributed by atoms with Crippen molar-refractivity contribution in [3.63, 3.8) is 0 Å². The molecular formula is C16H19NO4. The van der Waals surface area contributed by atoms with Gasteiger partial charge in [0.25, 0.3) is 0 Å². The summed E-state index contributed by atoms with van der Waals surface area (Å²) in [5.41, 5.74) is 1.29. The first-order chi connectivity index (χ1) is 10.1. The van der Waals surface area contributed by atoms with Gasteiger partial charge in [-0.2, -0.15) is 0 Å². The molecule has 0 radical (unpaired) electrons. The monoisotopic (exact) mass is 289 g/mol. The number of rotatable bonds is 4. The minimum atomic E-state index is -0.999. The molecule has 112 valence electrons. The molecule has 1 aliphatic carbocycles. The first-order valence-corrected chi connectivity index (χ1v) is 7.32. The number of ether oxygens (including phenoxy) is 1. The van der Waals surface area contributed by atoms with Crippen molar-refractivity contribution in [2.75, 3.05) is 19.7 Å². The lowest BCUT2D eigenvalue weighted by Gasteiger charge is -2.31. The Hall–Kier alpha value is -1.88. The SMILES string of the molecule is O=C(O)C1CN(C(=O)C[C@@H]2C[C@H]2c2ccccc2)CCO1. The summed E-state index contributed by atoms with van der Waals surface area (Å²) >= 11 is 0. The molecule has 0 spiro atoms. The van der Waals surface area contributed by atoms with Gasteiger partial charge in [-0.15, -0.1) is 0 Å². The quantitative estimate of drug-likeness (QED) is 0.912. The van der Waals surface area contributed by atoms with Gasteiger partial charge in [0.15, 0.2) is 6.10 Å². The molecule has 1 heterocycles. The fourth-order valence-corrected chi connectivity index (χ4v) is 2.96. The van der Waals surface area contributed by atoms with Gasteiger partial charge in [-0.25, -0.2) is 4.79 Å². The van der Waals surface area contributed by atoms with Gasteiger partial charge in [-0.05, 0) is 23.8 Å². The van der Waals surface area contributed by atoms with E-state index in [9.17, 15) is 9.59 Å². The predicted molar refractivity (Wildman–Crippen MR) is 75.9 cm³/mol. The molecule has 1 amide bonds. The summed E-state index contributed by atoms with van der Waals surface area (Å²) in [6.07, 6.45) is 0.667. The Labute approximate surface area is 123 Å². The summed E-state index contributed by atoms with van der Waals surface area (Å²) in [6, 6.07) is 10.2. The lowest BCUT2D eigenvalue weighted by atomic mass is 10.1. The third kappa shape index (κ3) is 3.24. The third-order valence-electron chi connectivity index (χ3n) is 4.28. The molecule has 1 saturated carbocycles. The molecule has 5 nitrogen and oxygen atoms in total. The summed E-state index contributed by atoms with van der Waals surface area (Å²) in [6.45, 7) is 0.956. The van der Waals surface area contributed by atoms with Gasteiger partial charge in [-0.3, -0.25) is 4.79 Å². The van der Waals surface area contributed by atoms with Crippen LogP contribution in [0.2, 0.25) is 0 Å². The zero-order valence-corrected chi connectivity index (χ0v) is 11.8. The van der Waals surface area contributed by atoms with Crippen molar-refractivity contribution in [1.29, 1.82) is 0 Å². The van der Waals surface area contributed by atoms with Crippen LogP contribution in [-0.2, 0) is 14.3 Å². The topological polar surface area (TPSA) is 66.8 Å². The van der Waals surface area contributed by atoms with E-state index in [0.29, 0.717) is 31.4 Å². The van der Waals surface area contributed by atoms with Crippen LogP contribution in [0.4, 0.5) is 0 Å². The molecule has 3 atom stereocenters. The number of hydrogen-bond acceptors (Lipinski definition) is 3. The lowest BCUT2D eigenvalue weighted by Crippen LogP contribution is -2.48. The van der Waals surface area contributed by atoms with Crippen molar-refractivity contribution < 1.29 is 19.4 Å². The van der Waals surface area contributed by atoms with Crippen molar-refractivity contribution in [2.45, 2.75) is 24.9 Å². The average Bonchev–Trinajstić information content (AvgIpc) is 3.27. The van der Waals surface area contributed by atoms with Gasteiger partial charge >= 0.3 is 5.97 Å². The van der Waals surface area contributed by atoms with Crippen molar-refractivity contribution in [2.24, 2.45) is 5.92 Å². The molecule has 1 saturated heterocycles. The first-order valence-electron chi connectivity index (χ1n) is 7.32. The van der Waals surface area contributed by atoms with Crippen LogP contribution in [0.5, 0.6) is 0 Å². The number of benzene rings is 1. The number of amides is 1. The highest BCUT2D eigenvalue weighted by molar-refractivity contribution is 5.79. The second kappa shape index (κ2) is 5.85. The molecule has 2 aliphatic rings. The Morgan fingerprint density at radius 2 is 2.05 bits per heavy atom. The van der Waals surface area contributed by atoms with E-state index in [0.717, 1.165) is 6.42 Å². The Morgan fingerprint density at radius 3 is 2.76 bits per heavy atom. The van der Waals surface area contributed by atoms with Crippen LogP contribution in [0.3, 0.4) is 0 Å². The van der Waals surface area contributed by atoms with Gasteiger partial charge in [0.2, 0.25) is 5.91 Å². The maximum atomic E-state index is 12.3. The van der Waals surface area contributed by atoms with Crippen molar-refractivity contribution >= 4 is 11.9 Å². The van der Waals surface area contributed by atoms with E-state index in [-0.39, 0.29) is 12.5 Å². The van der Waals surface area contributed by atoms with Crippen molar-refractivity contribution in [1.82, 2.24) is 4.90 Å². The highest BCUT2D eigenvalue weighted by Gasteiger charge is 2.41. The van der Waals surface area contributed by atoms with E-state index in [1.54, 1.807) is 4.90 Å². The summed E-state index contributed by atoms with van der Waals surface area (Å²) in [4.78, 5) is 24.8. The number of morpholine rings is 1. The number of nitrogens with zero attached hydrogens (tertiary/aromatic N) is 1. The molecule has 1 aromatic rings. The van der Waals surface area contributed by atoms with E-state index >= 15 is 0 Å².